The quantitative estimate of drug-likeness (QED) is 0.599. The van der Waals surface area contributed by atoms with Gasteiger partial charge >= 0.3 is 7.12 Å². The second-order valence-corrected chi connectivity index (χ2v) is 5.82. The summed E-state index contributed by atoms with van der Waals surface area (Å²) in [5, 5.41) is 19.8. The lowest BCUT2D eigenvalue weighted by atomic mass is 9.77. The zero-order valence-corrected chi connectivity index (χ0v) is 12.3. The molecule has 7 heteroatoms. The molecule has 2 atom stereocenters. The van der Waals surface area contributed by atoms with Crippen molar-refractivity contribution in [2.45, 2.75) is 31.2 Å². The van der Waals surface area contributed by atoms with E-state index in [1.807, 2.05) is 30.5 Å². The number of para-hydroxylation sites is 1. The number of fused-ring (bicyclic) bond motifs is 1. The highest BCUT2D eigenvalue weighted by Crippen LogP contribution is 2.22. The van der Waals surface area contributed by atoms with Crippen LogP contribution >= 0.6 is 0 Å². The number of nitrogens with two attached hydrogens (primary N) is 1. The fraction of sp³-hybridized carbons (Fsp3) is 0.400. The highest BCUT2D eigenvalue weighted by Gasteiger charge is 2.38. The van der Waals surface area contributed by atoms with Crippen molar-refractivity contribution in [3.8, 4) is 0 Å². The molecule has 1 aliphatic heterocycles. The zero-order chi connectivity index (χ0) is 15.7. The normalized spacial score (nSPS) is 19.6. The van der Waals surface area contributed by atoms with E-state index in [4.69, 9.17) is 5.73 Å². The van der Waals surface area contributed by atoms with Gasteiger partial charge in [-0.25, -0.2) is 0 Å². The first kappa shape index (κ1) is 15.1. The maximum atomic E-state index is 12.5. The first-order chi connectivity index (χ1) is 10.6. The number of aromatic nitrogens is 1. The molecular formula is C15H20BN3O3. The van der Waals surface area contributed by atoms with Crippen LogP contribution in [-0.2, 0) is 11.2 Å². The lowest BCUT2D eigenvalue weighted by Crippen LogP contribution is -2.51. The van der Waals surface area contributed by atoms with Crippen molar-refractivity contribution < 1.29 is 14.8 Å². The number of rotatable bonds is 4. The number of aromatic amines is 1. The van der Waals surface area contributed by atoms with Crippen molar-refractivity contribution in [2.24, 2.45) is 5.73 Å². The molecule has 0 unspecified atom stereocenters. The number of carbonyl (C=O) groups is 1. The fourth-order valence-corrected chi connectivity index (χ4v) is 3.21. The topological polar surface area (TPSA) is 103 Å². The van der Waals surface area contributed by atoms with Gasteiger partial charge < -0.3 is 25.7 Å². The molecule has 6 nitrogen and oxygen atoms in total. The Morgan fingerprint density at radius 3 is 3.00 bits per heavy atom. The van der Waals surface area contributed by atoms with E-state index >= 15 is 0 Å². The molecule has 2 heterocycles. The molecular weight excluding hydrogens is 281 g/mol. The van der Waals surface area contributed by atoms with E-state index in [-0.39, 0.29) is 5.91 Å². The number of likely N-dealkylation sites (tertiary alicyclic amines) is 1. The number of hydrogen-bond acceptors (Lipinski definition) is 4. The molecule has 2 aromatic rings. The van der Waals surface area contributed by atoms with Crippen LogP contribution in [0.2, 0.25) is 0 Å². The Kier molecular flexibility index (Phi) is 4.20. The monoisotopic (exact) mass is 301 g/mol. The Morgan fingerprint density at radius 2 is 2.23 bits per heavy atom. The molecule has 0 saturated carbocycles. The van der Waals surface area contributed by atoms with Crippen molar-refractivity contribution >= 4 is 23.9 Å². The van der Waals surface area contributed by atoms with Gasteiger partial charge in [0.05, 0.1) is 12.0 Å². The highest BCUT2D eigenvalue weighted by atomic mass is 16.4. The van der Waals surface area contributed by atoms with Crippen LogP contribution in [-0.4, -0.2) is 51.5 Å². The lowest BCUT2D eigenvalue weighted by Gasteiger charge is -2.26. The van der Waals surface area contributed by atoms with Gasteiger partial charge in [0.15, 0.2) is 0 Å². The van der Waals surface area contributed by atoms with Crippen molar-refractivity contribution in [1.82, 2.24) is 9.88 Å². The minimum absolute atomic E-state index is 0.221. The molecule has 0 spiro atoms. The van der Waals surface area contributed by atoms with Crippen molar-refractivity contribution in [1.29, 1.82) is 0 Å². The van der Waals surface area contributed by atoms with Gasteiger partial charge in [0.1, 0.15) is 0 Å². The largest absolute Gasteiger partial charge is 0.475 e. The number of H-pyrrole nitrogens is 1. The third-order valence-electron chi connectivity index (χ3n) is 4.36. The van der Waals surface area contributed by atoms with Crippen LogP contribution in [0.25, 0.3) is 10.9 Å². The number of amides is 1. The fourth-order valence-electron chi connectivity index (χ4n) is 3.21. The number of hydrogen-bond donors (Lipinski definition) is 4. The highest BCUT2D eigenvalue weighted by molar-refractivity contribution is 6.43. The van der Waals surface area contributed by atoms with Gasteiger partial charge in [-0.2, -0.15) is 0 Å². The molecule has 22 heavy (non-hydrogen) atoms. The number of nitrogens with zero attached hydrogens (tertiary/aromatic N) is 1. The molecule has 5 N–H and O–H groups in total. The first-order valence-electron chi connectivity index (χ1n) is 7.55. The summed E-state index contributed by atoms with van der Waals surface area (Å²) in [7, 11) is -1.51. The van der Waals surface area contributed by atoms with Crippen LogP contribution in [0, 0.1) is 0 Å². The minimum Gasteiger partial charge on any atom is -0.426 e. The van der Waals surface area contributed by atoms with E-state index in [1.54, 1.807) is 0 Å². The molecule has 0 aliphatic carbocycles. The van der Waals surface area contributed by atoms with Crippen LogP contribution in [0.5, 0.6) is 0 Å². The average molecular weight is 301 g/mol. The van der Waals surface area contributed by atoms with Crippen molar-refractivity contribution in [3.05, 3.63) is 36.0 Å². The second-order valence-electron chi connectivity index (χ2n) is 5.82. The Bertz CT molecular complexity index is 673. The van der Waals surface area contributed by atoms with Crippen LogP contribution < -0.4 is 5.73 Å². The summed E-state index contributed by atoms with van der Waals surface area (Å²) in [4.78, 5) is 17.2. The maximum absolute atomic E-state index is 12.5. The second kappa shape index (κ2) is 6.12. The number of carbonyl (C=O) groups excluding carboxylic acids is 1. The number of nitrogens with one attached hydrogen (secondary N) is 1. The van der Waals surface area contributed by atoms with E-state index in [0.29, 0.717) is 19.4 Å². The number of benzene rings is 1. The molecule has 3 rings (SSSR count). The molecule has 1 aromatic heterocycles. The van der Waals surface area contributed by atoms with Crippen molar-refractivity contribution in [3.63, 3.8) is 0 Å². The zero-order valence-electron chi connectivity index (χ0n) is 12.3. The molecule has 1 amide bonds. The van der Waals surface area contributed by atoms with Crippen LogP contribution in [0.1, 0.15) is 18.4 Å². The molecule has 1 aromatic carbocycles. The Balaban J connectivity index is 1.74. The Hall–Kier alpha value is -1.83. The van der Waals surface area contributed by atoms with Crippen LogP contribution in [0.3, 0.4) is 0 Å². The van der Waals surface area contributed by atoms with Gasteiger partial charge in [-0.15, -0.1) is 0 Å². The third-order valence-corrected chi connectivity index (χ3v) is 4.36. The van der Waals surface area contributed by atoms with Crippen LogP contribution in [0.15, 0.2) is 30.5 Å². The predicted octanol–water partition coefficient (Wildman–Crippen LogP) is 0.0407. The molecule has 0 radical (unpaired) electrons. The predicted molar refractivity (Wildman–Crippen MR) is 84.9 cm³/mol. The summed E-state index contributed by atoms with van der Waals surface area (Å²) < 4.78 is 0. The molecule has 0 bridgehead atoms. The first-order valence-corrected chi connectivity index (χ1v) is 7.55. The third kappa shape index (κ3) is 2.75. The minimum atomic E-state index is -1.51. The van der Waals surface area contributed by atoms with Crippen LogP contribution in [0.4, 0.5) is 0 Å². The van der Waals surface area contributed by atoms with Crippen molar-refractivity contribution in [2.75, 3.05) is 6.54 Å². The maximum Gasteiger partial charge on any atom is 0.475 e. The molecule has 1 saturated heterocycles. The average Bonchev–Trinajstić information content (AvgIpc) is 3.14. The molecule has 1 aliphatic rings. The van der Waals surface area contributed by atoms with Gasteiger partial charge in [-0.3, -0.25) is 4.79 Å². The van der Waals surface area contributed by atoms with E-state index in [1.165, 1.54) is 4.90 Å². The van der Waals surface area contributed by atoms with E-state index in [0.717, 1.165) is 22.9 Å². The van der Waals surface area contributed by atoms with E-state index in [9.17, 15) is 14.8 Å². The van der Waals surface area contributed by atoms with Gasteiger partial charge in [0, 0.05) is 23.6 Å². The molecule has 1 fully saturated rings. The SMILES string of the molecule is N[C@H](Cc1c[nH]c2ccccc12)C(=O)N1CCC[C@@H]1B(O)O. The summed E-state index contributed by atoms with van der Waals surface area (Å²) >= 11 is 0. The summed E-state index contributed by atoms with van der Waals surface area (Å²) in [6.45, 7) is 0.530. The summed E-state index contributed by atoms with van der Waals surface area (Å²) in [5.41, 5.74) is 8.09. The summed E-state index contributed by atoms with van der Waals surface area (Å²) in [6.07, 6.45) is 3.67. The van der Waals surface area contributed by atoms with Gasteiger partial charge in [0.25, 0.3) is 0 Å². The van der Waals surface area contributed by atoms with E-state index in [2.05, 4.69) is 4.98 Å². The lowest BCUT2D eigenvalue weighted by molar-refractivity contribution is -0.132. The standard InChI is InChI=1S/C15H20BN3O3/c17-12(15(20)19-7-3-6-14(19)16(21)22)8-10-9-18-13-5-2-1-4-11(10)13/h1-2,4-5,9,12,14,18,21-22H,3,6-8,17H2/t12-,14-/m1/s1. The summed E-state index contributed by atoms with van der Waals surface area (Å²) in [5.74, 6) is -0.762. The molecule has 116 valence electrons. The van der Waals surface area contributed by atoms with Gasteiger partial charge in [-0.1, -0.05) is 18.2 Å². The van der Waals surface area contributed by atoms with E-state index < -0.39 is 19.1 Å². The summed E-state index contributed by atoms with van der Waals surface area (Å²) in [6, 6.07) is 7.19. The Morgan fingerprint density at radius 1 is 1.45 bits per heavy atom. The van der Waals surface area contributed by atoms with Gasteiger partial charge in [0.2, 0.25) is 5.91 Å². The van der Waals surface area contributed by atoms with Gasteiger partial charge in [-0.05, 0) is 30.9 Å². The smallest absolute Gasteiger partial charge is 0.426 e. The Labute approximate surface area is 129 Å².